The molecule has 2 N–H and O–H groups in total. The molecule has 4 rings (SSSR count). The van der Waals surface area contributed by atoms with Gasteiger partial charge in [0.05, 0.1) is 0 Å². The first-order valence-corrected chi connectivity index (χ1v) is 10.0. The summed E-state index contributed by atoms with van der Waals surface area (Å²) in [6.45, 7) is 8.84. The molecule has 4 atom stereocenters. The molecule has 1 aromatic carbocycles. The summed E-state index contributed by atoms with van der Waals surface area (Å²) in [7, 11) is 0. The summed E-state index contributed by atoms with van der Waals surface area (Å²) < 4.78 is 6.45. The Bertz CT molecular complexity index is 766. The molecule has 0 amide bonds. The number of carboxylic acids is 1. The van der Waals surface area contributed by atoms with Crippen molar-refractivity contribution in [2.75, 3.05) is 0 Å². The maximum absolute atomic E-state index is 11.9. The van der Waals surface area contributed by atoms with Crippen molar-refractivity contribution in [2.45, 2.75) is 77.7 Å². The minimum atomic E-state index is -1.04. The van der Waals surface area contributed by atoms with Crippen molar-refractivity contribution in [1.82, 2.24) is 0 Å². The molecular formula is C22H30O4. The smallest absolute Gasteiger partial charge is 0.339 e. The van der Waals surface area contributed by atoms with Crippen molar-refractivity contribution in [3.63, 3.8) is 0 Å². The number of rotatable bonds is 5. The van der Waals surface area contributed by atoms with Crippen LogP contribution in [0.5, 0.6) is 11.5 Å². The van der Waals surface area contributed by atoms with E-state index in [1.54, 1.807) is 0 Å². The summed E-state index contributed by atoms with van der Waals surface area (Å²) in [5.41, 5.74) is 1.42. The topological polar surface area (TPSA) is 66.8 Å². The van der Waals surface area contributed by atoms with Gasteiger partial charge in [0.25, 0.3) is 0 Å². The fourth-order valence-corrected chi connectivity index (χ4v) is 6.23. The second-order valence-electron chi connectivity index (χ2n) is 9.32. The Morgan fingerprint density at radius 3 is 2.69 bits per heavy atom. The number of hydrogen-bond acceptors (Lipinski definition) is 3. The van der Waals surface area contributed by atoms with Crippen molar-refractivity contribution < 1.29 is 19.7 Å². The molecule has 2 saturated carbocycles. The number of aromatic carboxylic acids is 1. The van der Waals surface area contributed by atoms with Crippen LogP contribution in [0.2, 0.25) is 0 Å². The van der Waals surface area contributed by atoms with E-state index in [2.05, 4.69) is 27.7 Å². The lowest BCUT2D eigenvalue weighted by Gasteiger charge is -2.62. The third kappa shape index (κ3) is 2.17. The van der Waals surface area contributed by atoms with Gasteiger partial charge in [-0.05, 0) is 55.6 Å². The summed E-state index contributed by atoms with van der Waals surface area (Å²) >= 11 is 0. The molecule has 1 aromatic rings. The Labute approximate surface area is 155 Å². The van der Waals surface area contributed by atoms with Gasteiger partial charge in [-0.1, -0.05) is 33.6 Å². The van der Waals surface area contributed by atoms with Crippen molar-refractivity contribution in [3.8, 4) is 11.5 Å². The molecule has 4 nitrogen and oxygen atoms in total. The molecule has 1 heterocycles. The predicted octanol–water partition coefficient (Wildman–Crippen LogP) is 5.12. The van der Waals surface area contributed by atoms with Crippen molar-refractivity contribution in [1.29, 1.82) is 0 Å². The van der Waals surface area contributed by atoms with Crippen LogP contribution in [0.4, 0.5) is 0 Å². The first-order chi connectivity index (χ1) is 12.2. The molecule has 0 aromatic heterocycles. The average molecular weight is 358 g/mol. The van der Waals surface area contributed by atoms with E-state index in [1.807, 2.05) is 6.07 Å². The molecule has 3 aliphatic rings. The van der Waals surface area contributed by atoms with Gasteiger partial charge in [0, 0.05) is 17.4 Å². The van der Waals surface area contributed by atoms with Crippen molar-refractivity contribution >= 4 is 5.97 Å². The molecule has 2 unspecified atom stereocenters. The number of phenols is 1. The molecule has 2 fully saturated rings. The molecule has 142 valence electrons. The second kappa shape index (κ2) is 5.64. The minimum Gasteiger partial charge on any atom is -0.507 e. The molecule has 0 spiro atoms. The van der Waals surface area contributed by atoms with Crippen LogP contribution in [0.1, 0.15) is 87.2 Å². The molecule has 0 saturated heterocycles. The Balaban J connectivity index is 1.85. The summed E-state index contributed by atoms with van der Waals surface area (Å²) in [6.07, 6.45) is 5.90. The molecule has 2 aliphatic carbocycles. The van der Waals surface area contributed by atoms with E-state index in [1.165, 1.54) is 0 Å². The number of benzene rings is 1. The lowest BCUT2D eigenvalue weighted by molar-refractivity contribution is -0.121. The van der Waals surface area contributed by atoms with Gasteiger partial charge in [-0.3, -0.25) is 0 Å². The van der Waals surface area contributed by atoms with E-state index < -0.39 is 5.97 Å². The highest BCUT2D eigenvalue weighted by Crippen LogP contribution is 2.74. The second-order valence-corrected chi connectivity index (χ2v) is 9.32. The van der Waals surface area contributed by atoms with E-state index in [4.69, 9.17) is 4.74 Å². The van der Waals surface area contributed by atoms with Gasteiger partial charge < -0.3 is 14.9 Å². The highest BCUT2D eigenvalue weighted by Gasteiger charge is 2.69. The first-order valence-electron chi connectivity index (χ1n) is 10.0. The Kier molecular flexibility index (Phi) is 3.84. The van der Waals surface area contributed by atoms with E-state index in [0.29, 0.717) is 23.8 Å². The van der Waals surface area contributed by atoms with Gasteiger partial charge in [-0.2, -0.15) is 0 Å². The summed E-state index contributed by atoms with van der Waals surface area (Å²) in [5, 5.41) is 20.8. The normalized spacial score (nSPS) is 33.0. The van der Waals surface area contributed by atoms with Crippen molar-refractivity contribution in [2.24, 2.45) is 17.3 Å². The van der Waals surface area contributed by atoms with E-state index in [0.717, 1.165) is 43.4 Å². The predicted molar refractivity (Wildman–Crippen MR) is 100 cm³/mol. The maximum atomic E-state index is 11.9. The highest BCUT2D eigenvalue weighted by molar-refractivity contribution is 5.94. The molecule has 1 aliphatic heterocycles. The van der Waals surface area contributed by atoms with Crippen LogP contribution in [0.3, 0.4) is 0 Å². The minimum absolute atomic E-state index is 0.0491. The first kappa shape index (κ1) is 17.7. The number of aromatic hydroxyl groups is 1. The number of carbonyl (C=O) groups is 1. The number of carboxylic acid groups (broad SMARTS) is 1. The molecule has 0 radical (unpaired) electrons. The number of hydrogen-bond donors (Lipinski definition) is 2. The Hall–Kier alpha value is -1.71. The van der Waals surface area contributed by atoms with Crippen LogP contribution in [0.25, 0.3) is 0 Å². The standard InChI is InChI=1S/C22H30O4/c1-5-6-7-8-12-11-14-16(19(23)15(12)20(24)25)18-17-13(21(18,2)3)9-10-22(17,4)26-14/h11,13,17-18,23H,5-10H2,1-4H3,(H,24,25)/t13?,17-,18-,22?/m1/s1. The van der Waals surface area contributed by atoms with E-state index >= 15 is 0 Å². The quantitative estimate of drug-likeness (QED) is 0.717. The van der Waals surface area contributed by atoms with Crippen LogP contribution < -0.4 is 4.74 Å². The van der Waals surface area contributed by atoms with Crippen LogP contribution in [0, 0.1) is 17.3 Å². The lowest BCUT2D eigenvalue weighted by Crippen LogP contribution is -2.59. The highest BCUT2D eigenvalue weighted by atomic mass is 16.5. The summed E-state index contributed by atoms with van der Waals surface area (Å²) in [4.78, 5) is 11.9. The molecule has 4 heteroatoms. The van der Waals surface area contributed by atoms with Crippen LogP contribution in [-0.4, -0.2) is 21.8 Å². The summed E-state index contributed by atoms with van der Waals surface area (Å²) in [6, 6.07) is 1.91. The van der Waals surface area contributed by atoms with Crippen LogP contribution in [-0.2, 0) is 6.42 Å². The fraction of sp³-hybridized carbons (Fsp3) is 0.682. The largest absolute Gasteiger partial charge is 0.507 e. The Morgan fingerprint density at radius 2 is 2.04 bits per heavy atom. The van der Waals surface area contributed by atoms with Crippen molar-refractivity contribution in [3.05, 3.63) is 22.8 Å². The number of aryl methyl sites for hydroxylation is 1. The number of fused-ring (bicyclic) bond motifs is 2. The van der Waals surface area contributed by atoms with Gasteiger partial charge in [0.15, 0.2) is 0 Å². The van der Waals surface area contributed by atoms with Gasteiger partial charge in [0.1, 0.15) is 22.7 Å². The Morgan fingerprint density at radius 1 is 1.31 bits per heavy atom. The number of ether oxygens (including phenoxy) is 1. The zero-order valence-corrected chi connectivity index (χ0v) is 16.3. The van der Waals surface area contributed by atoms with Crippen LogP contribution in [0.15, 0.2) is 6.07 Å². The molecule has 26 heavy (non-hydrogen) atoms. The number of unbranched alkanes of at least 4 members (excludes halogenated alkanes) is 2. The van der Waals surface area contributed by atoms with E-state index in [-0.39, 0.29) is 28.2 Å². The fourth-order valence-electron chi connectivity index (χ4n) is 6.23. The zero-order valence-electron chi connectivity index (χ0n) is 16.3. The van der Waals surface area contributed by atoms with Gasteiger partial charge in [-0.15, -0.1) is 0 Å². The molecular weight excluding hydrogens is 328 g/mol. The van der Waals surface area contributed by atoms with E-state index in [9.17, 15) is 15.0 Å². The van der Waals surface area contributed by atoms with Crippen LogP contribution >= 0.6 is 0 Å². The lowest BCUT2D eigenvalue weighted by atomic mass is 9.45. The van der Waals surface area contributed by atoms with Gasteiger partial charge in [0.2, 0.25) is 0 Å². The maximum Gasteiger partial charge on any atom is 0.339 e. The van der Waals surface area contributed by atoms with Gasteiger partial charge >= 0.3 is 5.97 Å². The zero-order chi connectivity index (χ0) is 18.9. The average Bonchev–Trinajstić information content (AvgIpc) is 2.88. The third-order valence-corrected chi connectivity index (χ3v) is 7.51. The molecule has 0 bridgehead atoms. The monoisotopic (exact) mass is 358 g/mol. The van der Waals surface area contributed by atoms with Gasteiger partial charge in [-0.25, -0.2) is 4.79 Å². The SMILES string of the molecule is CCCCCc1cc2c(c(O)c1C(=O)O)[C@@H]1[C@H]3C(CCC3(C)O2)C1(C)C. The summed E-state index contributed by atoms with van der Waals surface area (Å²) in [5.74, 6) is 0.769. The third-order valence-electron chi connectivity index (χ3n) is 7.51.